The molecule has 6 nitrogen and oxygen atoms in total. The Labute approximate surface area is 92.7 Å². The Bertz CT molecular complexity index is 525. The topological polar surface area (TPSA) is 75.6 Å². The predicted octanol–water partition coefficient (Wildman–Crippen LogP) is 1.01. The van der Waals surface area contributed by atoms with Crippen LogP contribution < -0.4 is 5.32 Å². The van der Waals surface area contributed by atoms with Crippen molar-refractivity contribution in [1.82, 2.24) is 20.0 Å². The number of hydrogen-bond acceptors (Lipinski definition) is 3. The van der Waals surface area contributed by atoms with Gasteiger partial charge in [-0.15, -0.1) is 0 Å². The highest BCUT2D eigenvalue weighted by Gasteiger charge is 2.14. The van der Waals surface area contributed by atoms with E-state index in [9.17, 15) is 4.79 Å². The van der Waals surface area contributed by atoms with Gasteiger partial charge >= 0.3 is 0 Å². The molecule has 0 unspecified atom stereocenters. The fourth-order valence-electron chi connectivity index (χ4n) is 1.38. The van der Waals surface area contributed by atoms with Crippen molar-refractivity contribution >= 4 is 11.7 Å². The number of amides is 1. The molecule has 0 bridgehead atoms. The van der Waals surface area contributed by atoms with Crippen LogP contribution in [0.15, 0.2) is 12.4 Å². The summed E-state index contributed by atoms with van der Waals surface area (Å²) in [5, 5.41) is 13.3. The van der Waals surface area contributed by atoms with Gasteiger partial charge in [-0.1, -0.05) is 0 Å². The summed E-state index contributed by atoms with van der Waals surface area (Å²) >= 11 is 0. The molecule has 0 saturated carbocycles. The minimum atomic E-state index is -0.182. The van der Waals surface area contributed by atoms with Crippen molar-refractivity contribution in [1.29, 1.82) is 0 Å². The summed E-state index contributed by atoms with van der Waals surface area (Å²) in [5.74, 6) is 0.436. The van der Waals surface area contributed by atoms with Crippen molar-refractivity contribution in [2.45, 2.75) is 13.8 Å². The Morgan fingerprint density at radius 1 is 1.44 bits per heavy atom. The summed E-state index contributed by atoms with van der Waals surface area (Å²) in [4.78, 5) is 11.9. The van der Waals surface area contributed by atoms with Crippen molar-refractivity contribution in [2.75, 3.05) is 5.32 Å². The zero-order valence-electron chi connectivity index (χ0n) is 9.40. The van der Waals surface area contributed by atoms with Gasteiger partial charge in [0.1, 0.15) is 5.82 Å². The molecule has 0 aliphatic rings. The van der Waals surface area contributed by atoms with Gasteiger partial charge in [0.15, 0.2) is 0 Å². The van der Waals surface area contributed by atoms with Crippen LogP contribution in [0.25, 0.3) is 0 Å². The maximum Gasteiger partial charge on any atom is 0.260 e. The molecule has 0 aliphatic carbocycles. The van der Waals surface area contributed by atoms with Crippen LogP contribution in [-0.2, 0) is 7.05 Å². The Balaban J connectivity index is 2.21. The lowest BCUT2D eigenvalue weighted by Gasteiger charge is -2.02. The summed E-state index contributed by atoms with van der Waals surface area (Å²) in [5.41, 5.74) is 2.29. The minimum Gasteiger partial charge on any atom is -0.307 e. The van der Waals surface area contributed by atoms with Gasteiger partial charge < -0.3 is 5.32 Å². The molecule has 0 radical (unpaired) electrons. The van der Waals surface area contributed by atoms with Gasteiger partial charge in [-0.25, -0.2) is 0 Å². The normalized spacial score (nSPS) is 10.4. The van der Waals surface area contributed by atoms with E-state index in [1.807, 2.05) is 13.8 Å². The Kier molecular flexibility index (Phi) is 2.47. The van der Waals surface area contributed by atoms with Crippen LogP contribution in [0, 0.1) is 13.8 Å². The van der Waals surface area contributed by atoms with Crippen molar-refractivity contribution in [3.63, 3.8) is 0 Å². The van der Waals surface area contributed by atoms with Crippen molar-refractivity contribution < 1.29 is 4.79 Å². The lowest BCUT2D eigenvalue weighted by atomic mass is 10.2. The van der Waals surface area contributed by atoms with E-state index < -0.39 is 0 Å². The minimum absolute atomic E-state index is 0.182. The average Bonchev–Trinajstić information content (AvgIpc) is 2.77. The average molecular weight is 219 g/mol. The second-order valence-electron chi connectivity index (χ2n) is 3.65. The second kappa shape index (κ2) is 3.80. The van der Waals surface area contributed by atoms with E-state index in [1.165, 1.54) is 0 Å². The lowest BCUT2D eigenvalue weighted by Crippen LogP contribution is -2.13. The molecule has 0 spiro atoms. The van der Waals surface area contributed by atoms with E-state index in [0.717, 1.165) is 11.3 Å². The molecule has 0 aliphatic heterocycles. The molecule has 6 heteroatoms. The molecule has 0 atom stereocenters. The molecule has 16 heavy (non-hydrogen) atoms. The maximum atomic E-state index is 11.9. The third-order valence-corrected chi connectivity index (χ3v) is 2.55. The van der Waals surface area contributed by atoms with Gasteiger partial charge in [-0.2, -0.15) is 10.2 Å². The molecular formula is C10H13N5O. The predicted molar refractivity (Wildman–Crippen MR) is 59.2 cm³/mol. The van der Waals surface area contributed by atoms with Crippen LogP contribution >= 0.6 is 0 Å². The molecular weight excluding hydrogens is 206 g/mol. The van der Waals surface area contributed by atoms with Gasteiger partial charge in [0.05, 0.1) is 18.0 Å². The van der Waals surface area contributed by atoms with Gasteiger partial charge in [0, 0.05) is 18.3 Å². The van der Waals surface area contributed by atoms with Gasteiger partial charge in [-0.05, 0) is 13.8 Å². The van der Waals surface area contributed by atoms with Crippen LogP contribution in [0.5, 0.6) is 0 Å². The molecule has 2 heterocycles. The van der Waals surface area contributed by atoms with Crippen LogP contribution in [-0.4, -0.2) is 25.9 Å². The Hall–Kier alpha value is -2.11. The summed E-state index contributed by atoms with van der Waals surface area (Å²) in [6.45, 7) is 3.72. The molecule has 1 amide bonds. The van der Waals surface area contributed by atoms with Crippen LogP contribution in [0.3, 0.4) is 0 Å². The first-order chi connectivity index (χ1) is 7.59. The molecule has 2 aromatic heterocycles. The SMILES string of the molecule is Cc1cn[nH]c1NC(=O)c1cnn(C)c1C. The fraction of sp³-hybridized carbons (Fsp3) is 0.300. The molecule has 0 fully saturated rings. The van der Waals surface area contributed by atoms with E-state index in [2.05, 4.69) is 20.6 Å². The van der Waals surface area contributed by atoms with E-state index in [-0.39, 0.29) is 5.91 Å². The Morgan fingerprint density at radius 2 is 2.19 bits per heavy atom. The first-order valence-corrected chi connectivity index (χ1v) is 4.89. The van der Waals surface area contributed by atoms with Crippen molar-refractivity contribution in [3.05, 3.63) is 29.2 Å². The molecule has 2 N–H and O–H groups in total. The van der Waals surface area contributed by atoms with Crippen molar-refractivity contribution in [2.24, 2.45) is 7.05 Å². The van der Waals surface area contributed by atoms with Gasteiger partial charge in [0.2, 0.25) is 0 Å². The van der Waals surface area contributed by atoms with Crippen LogP contribution in [0.2, 0.25) is 0 Å². The van der Waals surface area contributed by atoms with Gasteiger partial charge in [-0.3, -0.25) is 14.6 Å². The third-order valence-electron chi connectivity index (χ3n) is 2.55. The highest BCUT2D eigenvalue weighted by Crippen LogP contribution is 2.12. The summed E-state index contributed by atoms with van der Waals surface area (Å²) in [6, 6.07) is 0. The number of carbonyl (C=O) groups excluding carboxylic acids is 1. The molecule has 2 aromatic rings. The first kappa shape index (κ1) is 10.4. The lowest BCUT2D eigenvalue weighted by molar-refractivity contribution is 0.102. The number of nitrogens with one attached hydrogen (secondary N) is 2. The van der Waals surface area contributed by atoms with Crippen LogP contribution in [0.1, 0.15) is 21.6 Å². The number of carbonyl (C=O) groups is 1. The van der Waals surface area contributed by atoms with E-state index in [0.29, 0.717) is 11.4 Å². The number of aromatic amines is 1. The first-order valence-electron chi connectivity index (χ1n) is 4.89. The molecule has 2 rings (SSSR count). The summed E-state index contributed by atoms with van der Waals surface area (Å²) in [6.07, 6.45) is 3.21. The van der Waals surface area contributed by atoms with E-state index in [1.54, 1.807) is 24.1 Å². The van der Waals surface area contributed by atoms with E-state index in [4.69, 9.17) is 0 Å². The highest BCUT2D eigenvalue weighted by molar-refractivity contribution is 6.04. The number of anilines is 1. The monoisotopic (exact) mass is 219 g/mol. The van der Waals surface area contributed by atoms with Crippen molar-refractivity contribution in [3.8, 4) is 0 Å². The number of nitrogens with zero attached hydrogens (tertiary/aromatic N) is 3. The summed E-state index contributed by atoms with van der Waals surface area (Å²) in [7, 11) is 1.80. The molecule has 0 saturated heterocycles. The Morgan fingerprint density at radius 3 is 2.69 bits per heavy atom. The van der Waals surface area contributed by atoms with Gasteiger partial charge in [0.25, 0.3) is 5.91 Å². The van der Waals surface area contributed by atoms with Crippen LogP contribution in [0.4, 0.5) is 5.82 Å². The second-order valence-corrected chi connectivity index (χ2v) is 3.65. The summed E-state index contributed by atoms with van der Waals surface area (Å²) < 4.78 is 1.66. The number of rotatable bonds is 2. The largest absolute Gasteiger partial charge is 0.307 e. The molecule has 84 valence electrons. The third kappa shape index (κ3) is 1.69. The smallest absolute Gasteiger partial charge is 0.260 e. The zero-order chi connectivity index (χ0) is 11.7. The standard InChI is InChI=1S/C10H13N5O/c1-6-4-11-14-9(6)13-10(16)8-5-12-15(3)7(8)2/h4-5H,1-3H3,(H2,11,13,14,16). The highest BCUT2D eigenvalue weighted by atomic mass is 16.1. The number of hydrogen-bond donors (Lipinski definition) is 2. The quantitative estimate of drug-likeness (QED) is 0.791. The zero-order valence-corrected chi connectivity index (χ0v) is 9.40. The maximum absolute atomic E-state index is 11.9. The van der Waals surface area contributed by atoms with E-state index >= 15 is 0 Å². The molecule has 0 aromatic carbocycles. The number of aromatic nitrogens is 4. The fourth-order valence-corrected chi connectivity index (χ4v) is 1.38. The number of aryl methyl sites for hydroxylation is 2. The number of H-pyrrole nitrogens is 1.